The van der Waals surface area contributed by atoms with Crippen LogP contribution in [-0.2, 0) is 13.1 Å². The Balaban J connectivity index is 2.03. The highest BCUT2D eigenvalue weighted by atomic mass is 19.3. The molecule has 0 unspecified atom stereocenters. The van der Waals surface area contributed by atoms with Crippen molar-refractivity contribution in [1.82, 2.24) is 15.6 Å². The molecule has 1 aromatic heterocycles. The van der Waals surface area contributed by atoms with Crippen molar-refractivity contribution in [3.8, 4) is 17.4 Å². The van der Waals surface area contributed by atoms with Crippen molar-refractivity contribution in [3.05, 3.63) is 47.7 Å². The summed E-state index contributed by atoms with van der Waals surface area (Å²) in [6.07, 6.45) is 1.65. The first-order valence-electron chi connectivity index (χ1n) is 8.70. The molecule has 2 aromatic rings. The summed E-state index contributed by atoms with van der Waals surface area (Å²) in [4.78, 5) is 8.19. The first kappa shape index (κ1) is 21.2. The molecule has 0 amide bonds. The fraction of sp³-hybridized carbons (Fsp3) is 0.368. The first-order chi connectivity index (χ1) is 13.6. The average molecular weight is 394 g/mol. The Bertz CT molecular complexity index is 788. The van der Waals surface area contributed by atoms with Gasteiger partial charge in [0, 0.05) is 38.0 Å². The fourth-order valence-corrected chi connectivity index (χ4v) is 2.45. The molecule has 152 valence electrons. The number of methoxy groups -OCH3 is 1. The number of aromatic nitrogens is 1. The number of benzene rings is 1. The molecule has 0 saturated heterocycles. The third kappa shape index (κ3) is 6.26. The maximum Gasteiger partial charge on any atom is 0.387 e. The van der Waals surface area contributed by atoms with E-state index < -0.39 is 6.61 Å². The van der Waals surface area contributed by atoms with Crippen LogP contribution in [-0.4, -0.2) is 38.3 Å². The quantitative estimate of drug-likeness (QED) is 0.503. The van der Waals surface area contributed by atoms with E-state index in [1.807, 2.05) is 6.07 Å². The van der Waals surface area contributed by atoms with Gasteiger partial charge in [-0.3, -0.25) is 4.99 Å². The Morgan fingerprint density at radius 1 is 1.21 bits per heavy atom. The van der Waals surface area contributed by atoms with Crippen molar-refractivity contribution in [3.63, 3.8) is 0 Å². The van der Waals surface area contributed by atoms with Crippen LogP contribution in [0.25, 0.3) is 0 Å². The van der Waals surface area contributed by atoms with Crippen LogP contribution < -0.4 is 24.8 Å². The Morgan fingerprint density at radius 2 is 2.00 bits per heavy atom. The lowest BCUT2D eigenvalue weighted by Gasteiger charge is -2.17. The van der Waals surface area contributed by atoms with Gasteiger partial charge in [0.1, 0.15) is 0 Å². The van der Waals surface area contributed by atoms with Gasteiger partial charge < -0.3 is 24.8 Å². The third-order valence-electron chi connectivity index (χ3n) is 3.71. The summed E-state index contributed by atoms with van der Waals surface area (Å²) in [5.41, 5.74) is 1.48. The van der Waals surface area contributed by atoms with Gasteiger partial charge in [0.2, 0.25) is 5.88 Å². The number of nitrogens with one attached hydrogen (secondary N) is 2. The van der Waals surface area contributed by atoms with E-state index in [1.54, 1.807) is 51.5 Å². The molecule has 1 heterocycles. The lowest BCUT2D eigenvalue weighted by Crippen LogP contribution is -2.36. The number of aliphatic imine (C=N–C) groups is 1. The summed E-state index contributed by atoms with van der Waals surface area (Å²) >= 11 is 0. The Morgan fingerprint density at radius 3 is 2.68 bits per heavy atom. The van der Waals surface area contributed by atoms with Crippen molar-refractivity contribution in [2.45, 2.75) is 26.6 Å². The van der Waals surface area contributed by atoms with Crippen LogP contribution in [0.4, 0.5) is 8.78 Å². The largest absolute Gasteiger partial charge is 0.490 e. The van der Waals surface area contributed by atoms with Crippen LogP contribution in [0.3, 0.4) is 0 Å². The van der Waals surface area contributed by atoms with Gasteiger partial charge >= 0.3 is 6.61 Å². The number of nitrogens with zero attached hydrogens (tertiary/aromatic N) is 2. The van der Waals surface area contributed by atoms with Crippen LogP contribution in [0.15, 0.2) is 41.5 Å². The number of hydrogen-bond donors (Lipinski definition) is 2. The molecule has 0 radical (unpaired) electrons. The van der Waals surface area contributed by atoms with Crippen LogP contribution in [0.2, 0.25) is 0 Å². The van der Waals surface area contributed by atoms with Gasteiger partial charge in [-0.1, -0.05) is 12.1 Å². The van der Waals surface area contributed by atoms with Gasteiger partial charge in [-0.05, 0) is 24.6 Å². The number of hydrogen-bond acceptors (Lipinski definition) is 5. The summed E-state index contributed by atoms with van der Waals surface area (Å²) < 4.78 is 40.8. The van der Waals surface area contributed by atoms with Gasteiger partial charge in [0.25, 0.3) is 0 Å². The second-order valence-corrected chi connectivity index (χ2v) is 5.54. The number of rotatable bonds is 9. The topological polar surface area (TPSA) is 77.0 Å². The maximum absolute atomic E-state index is 12.8. The van der Waals surface area contributed by atoms with Crippen molar-refractivity contribution in [2.24, 2.45) is 4.99 Å². The Kier molecular flexibility index (Phi) is 8.26. The van der Waals surface area contributed by atoms with Crippen molar-refractivity contribution >= 4 is 5.96 Å². The Hall–Kier alpha value is -3.10. The molecule has 9 heteroatoms. The predicted molar refractivity (Wildman–Crippen MR) is 102 cm³/mol. The lowest BCUT2D eigenvalue weighted by molar-refractivity contribution is -0.0520. The number of alkyl halides is 2. The molecule has 0 bridgehead atoms. The van der Waals surface area contributed by atoms with Gasteiger partial charge in [-0.25, -0.2) is 4.98 Å². The van der Waals surface area contributed by atoms with Gasteiger partial charge in [-0.2, -0.15) is 8.78 Å². The minimum atomic E-state index is -2.94. The summed E-state index contributed by atoms with van der Waals surface area (Å²) in [6, 6.07) is 8.66. The molecule has 0 aliphatic carbocycles. The number of ether oxygens (including phenoxy) is 3. The fourth-order valence-electron chi connectivity index (χ4n) is 2.45. The molecule has 0 fully saturated rings. The van der Waals surface area contributed by atoms with Crippen LogP contribution in [0.5, 0.6) is 17.4 Å². The summed E-state index contributed by atoms with van der Waals surface area (Å²) in [5, 5.41) is 6.22. The summed E-state index contributed by atoms with van der Waals surface area (Å²) in [5.74, 6) is 1.31. The number of para-hydroxylation sites is 1. The van der Waals surface area contributed by atoms with E-state index in [0.717, 1.165) is 5.56 Å². The molecule has 2 rings (SSSR count). The monoisotopic (exact) mass is 394 g/mol. The van der Waals surface area contributed by atoms with Crippen molar-refractivity contribution in [1.29, 1.82) is 0 Å². The summed E-state index contributed by atoms with van der Waals surface area (Å²) in [6.45, 7) is -0.119. The molecule has 0 atom stereocenters. The predicted octanol–water partition coefficient (Wildman–Crippen LogP) is 2.96. The molecule has 2 N–H and O–H groups in total. The van der Waals surface area contributed by atoms with E-state index in [2.05, 4.69) is 25.3 Å². The van der Waals surface area contributed by atoms with Crippen LogP contribution in [0, 0.1) is 0 Å². The highest BCUT2D eigenvalue weighted by Gasteiger charge is 2.16. The van der Waals surface area contributed by atoms with Crippen LogP contribution in [0.1, 0.15) is 18.1 Å². The van der Waals surface area contributed by atoms with Crippen molar-refractivity contribution < 1.29 is 23.0 Å². The molecule has 1 aromatic carbocycles. The lowest BCUT2D eigenvalue weighted by atomic mass is 10.2. The number of halogens is 2. The second-order valence-electron chi connectivity index (χ2n) is 5.54. The highest BCUT2D eigenvalue weighted by Crippen LogP contribution is 2.32. The van der Waals surface area contributed by atoms with E-state index in [0.29, 0.717) is 30.6 Å². The van der Waals surface area contributed by atoms with Gasteiger partial charge in [0.15, 0.2) is 17.5 Å². The minimum Gasteiger partial charge on any atom is -0.490 e. The molecule has 7 nitrogen and oxygen atoms in total. The molecular weight excluding hydrogens is 370 g/mol. The smallest absolute Gasteiger partial charge is 0.387 e. The van der Waals surface area contributed by atoms with Gasteiger partial charge in [-0.15, -0.1) is 0 Å². The zero-order valence-corrected chi connectivity index (χ0v) is 16.0. The average Bonchev–Trinajstić information content (AvgIpc) is 2.70. The number of guanidine groups is 1. The minimum absolute atomic E-state index is 0.0150. The second kappa shape index (κ2) is 10.9. The third-order valence-corrected chi connectivity index (χ3v) is 3.71. The maximum atomic E-state index is 12.8. The highest BCUT2D eigenvalue weighted by molar-refractivity contribution is 5.79. The molecule has 28 heavy (non-hydrogen) atoms. The molecule has 0 aliphatic rings. The van der Waals surface area contributed by atoms with E-state index in [1.165, 1.54) is 0 Å². The SMILES string of the molecule is CCOc1cccc(CNC(=NC)NCc2ccnc(OC)c2)c1OC(F)F. The van der Waals surface area contributed by atoms with E-state index in [9.17, 15) is 8.78 Å². The molecule has 0 saturated carbocycles. The Labute approximate surface area is 162 Å². The summed E-state index contributed by atoms with van der Waals surface area (Å²) in [7, 11) is 3.17. The number of pyridine rings is 1. The normalized spacial score (nSPS) is 11.3. The first-order valence-corrected chi connectivity index (χ1v) is 8.70. The van der Waals surface area contributed by atoms with Gasteiger partial charge in [0.05, 0.1) is 13.7 Å². The zero-order chi connectivity index (χ0) is 20.4. The van der Waals surface area contributed by atoms with E-state index >= 15 is 0 Å². The zero-order valence-electron chi connectivity index (χ0n) is 16.0. The van der Waals surface area contributed by atoms with E-state index in [4.69, 9.17) is 9.47 Å². The van der Waals surface area contributed by atoms with Crippen LogP contribution >= 0.6 is 0 Å². The van der Waals surface area contributed by atoms with E-state index in [-0.39, 0.29) is 18.0 Å². The molecular formula is C19H24F2N4O3. The molecule has 0 spiro atoms. The van der Waals surface area contributed by atoms with Crippen molar-refractivity contribution in [2.75, 3.05) is 20.8 Å². The standard InChI is InChI=1S/C19H24F2N4O3/c1-4-27-15-7-5-6-14(17(15)28-18(20)21)12-25-19(22-2)24-11-13-8-9-23-16(10-13)26-3/h5-10,18H,4,11-12H2,1-3H3,(H2,22,24,25). The molecule has 0 aliphatic heterocycles.